The third-order valence-corrected chi connectivity index (χ3v) is 2.57. The highest BCUT2D eigenvalue weighted by Gasteiger charge is 2.09. The van der Waals surface area contributed by atoms with E-state index >= 15 is 0 Å². The Bertz CT molecular complexity index is 508. The van der Waals surface area contributed by atoms with Crippen LogP contribution in [-0.4, -0.2) is 11.5 Å². The minimum absolute atomic E-state index is 0.247. The zero-order chi connectivity index (χ0) is 10.7. The average molecular weight is 200 g/mol. The molecule has 15 heavy (non-hydrogen) atoms. The monoisotopic (exact) mass is 200 g/mol. The van der Waals surface area contributed by atoms with E-state index < -0.39 is 0 Å². The van der Waals surface area contributed by atoms with Crippen LogP contribution in [0.3, 0.4) is 0 Å². The lowest BCUT2D eigenvalue weighted by Crippen LogP contribution is -1.95. The van der Waals surface area contributed by atoms with Crippen molar-refractivity contribution in [1.29, 1.82) is 0 Å². The average Bonchev–Trinajstić information content (AvgIpc) is 2.69. The maximum Gasteiger partial charge on any atom is 0.0456 e. The number of fused-ring (bicyclic) bond motifs is 1. The number of hydrogen-bond donors (Lipinski definition) is 1. The number of aromatic nitrogens is 1. The molecular formula is C11H12N4. The normalized spacial score (nSPS) is 12.3. The molecule has 1 atom stereocenters. The van der Waals surface area contributed by atoms with Crippen molar-refractivity contribution < 1.29 is 0 Å². The molecule has 0 radical (unpaired) electrons. The van der Waals surface area contributed by atoms with E-state index in [0.29, 0.717) is 6.54 Å². The second kappa shape index (κ2) is 4.07. The summed E-state index contributed by atoms with van der Waals surface area (Å²) in [5.74, 6) is 0.247. The van der Waals surface area contributed by atoms with Gasteiger partial charge in [-0.2, -0.15) is 0 Å². The van der Waals surface area contributed by atoms with Crippen molar-refractivity contribution >= 4 is 10.9 Å². The molecule has 76 valence electrons. The number of nitrogens with one attached hydrogen (secondary N) is 1. The highest BCUT2D eigenvalue weighted by atomic mass is 15.1. The van der Waals surface area contributed by atoms with Crippen LogP contribution < -0.4 is 0 Å². The van der Waals surface area contributed by atoms with Gasteiger partial charge < -0.3 is 4.98 Å². The molecule has 1 aromatic carbocycles. The van der Waals surface area contributed by atoms with E-state index in [1.165, 1.54) is 10.9 Å². The molecule has 0 fully saturated rings. The summed E-state index contributed by atoms with van der Waals surface area (Å²) >= 11 is 0. The maximum absolute atomic E-state index is 8.28. The molecule has 0 bridgehead atoms. The van der Waals surface area contributed by atoms with Crippen molar-refractivity contribution in [2.45, 2.75) is 12.8 Å². The Labute approximate surface area is 87.6 Å². The number of H-pyrrole nitrogens is 1. The molecule has 0 saturated carbocycles. The minimum Gasteiger partial charge on any atom is -0.361 e. The van der Waals surface area contributed by atoms with Crippen LogP contribution in [0.1, 0.15) is 18.4 Å². The highest BCUT2D eigenvalue weighted by molar-refractivity contribution is 5.83. The quantitative estimate of drug-likeness (QED) is 0.447. The van der Waals surface area contributed by atoms with Gasteiger partial charge in [-0.05, 0) is 23.1 Å². The summed E-state index contributed by atoms with van der Waals surface area (Å²) in [6.45, 7) is 2.56. The van der Waals surface area contributed by atoms with E-state index in [1.807, 2.05) is 24.4 Å². The SMILES string of the molecule is CC(CN=[N+]=[N-])c1c[nH]c2ccccc12. The van der Waals surface area contributed by atoms with Crippen molar-refractivity contribution in [3.05, 3.63) is 46.5 Å². The molecule has 1 N–H and O–H groups in total. The first-order valence-corrected chi connectivity index (χ1v) is 4.90. The van der Waals surface area contributed by atoms with Gasteiger partial charge in [0.25, 0.3) is 0 Å². The fraction of sp³-hybridized carbons (Fsp3) is 0.273. The molecule has 0 amide bonds. The Hall–Kier alpha value is -1.93. The molecule has 1 aromatic heterocycles. The van der Waals surface area contributed by atoms with E-state index in [1.54, 1.807) is 0 Å². The van der Waals surface area contributed by atoms with Crippen molar-refractivity contribution in [2.24, 2.45) is 5.11 Å². The highest BCUT2D eigenvalue weighted by Crippen LogP contribution is 2.25. The Morgan fingerprint density at radius 3 is 3.07 bits per heavy atom. The number of rotatable bonds is 3. The maximum atomic E-state index is 8.28. The topological polar surface area (TPSA) is 64.6 Å². The first kappa shape index (κ1) is 9.62. The second-order valence-electron chi connectivity index (χ2n) is 3.60. The van der Waals surface area contributed by atoms with Gasteiger partial charge >= 0.3 is 0 Å². The largest absolute Gasteiger partial charge is 0.361 e. The third kappa shape index (κ3) is 1.80. The van der Waals surface area contributed by atoms with Crippen LogP contribution in [0, 0.1) is 0 Å². The molecule has 2 aromatic rings. The van der Waals surface area contributed by atoms with Gasteiger partial charge in [0, 0.05) is 28.6 Å². The molecule has 0 aliphatic carbocycles. The van der Waals surface area contributed by atoms with Crippen LogP contribution in [0.2, 0.25) is 0 Å². The van der Waals surface area contributed by atoms with Crippen LogP contribution in [0.25, 0.3) is 21.3 Å². The number of para-hydroxylation sites is 1. The fourth-order valence-electron chi connectivity index (χ4n) is 1.76. The van der Waals surface area contributed by atoms with Gasteiger partial charge in [0.2, 0.25) is 0 Å². The lowest BCUT2D eigenvalue weighted by atomic mass is 10.0. The Morgan fingerprint density at radius 2 is 2.27 bits per heavy atom. The molecule has 0 spiro atoms. The van der Waals surface area contributed by atoms with E-state index in [0.717, 1.165) is 5.52 Å². The molecule has 4 heteroatoms. The summed E-state index contributed by atoms with van der Waals surface area (Å²) in [4.78, 5) is 5.99. The predicted molar refractivity (Wildman–Crippen MR) is 60.7 cm³/mol. The van der Waals surface area contributed by atoms with Gasteiger partial charge in [-0.3, -0.25) is 0 Å². The molecule has 0 aliphatic rings. The van der Waals surface area contributed by atoms with Gasteiger partial charge in [0.1, 0.15) is 0 Å². The first-order chi connectivity index (χ1) is 7.33. The van der Waals surface area contributed by atoms with Crippen LogP contribution in [0.4, 0.5) is 0 Å². The minimum atomic E-state index is 0.247. The van der Waals surface area contributed by atoms with Crippen LogP contribution >= 0.6 is 0 Å². The molecule has 1 unspecified atom stereocenters. The van der Waals surface area contributed by atoms with Crippen molar-refractivity contribution in [3.63, 3.8) is 0 Å². The Balaban J connectivity index is 2.39. The summed E-state index contributed by atoms with van der Waals surface area (Å²) in [5, 5.41) is 4.81. The third-order valence-electron chi connectivity index (χ3n) is 2.57. The van der Waals surface area contributed by atoms with Gasteiger partial charge in [-0.15, -0.1) is 0 Å². The zero-order valence-corrected chi connectivity index (χ0v) is 8.51. The standard InChI is InChI=1S/C11H12N4/c1-8(6-14-15-12)10-7-13-11-5-3-2-4-9(10)11/h2-5,7-8,13H,6H2,1H3. The Morgan fingerprint density at radius 1 is 1.47 bits per heavy atom. The van der Waals surface area contributed by atoms with E-state index in [-0.39, 0.29) is 5.92 Å². The molecule has 2 rings (SSSR count). The number of nitrogens with zero attached hydrogens (tertiary/aromatic N) is 3. The fourth-order valence-corrected chi connectivity index (χ4v) is 1.76. The van der Waals surface area contributed by atoms with Crippen LogP contribution in [0.15, 0.2) is 35.6 Å². The first-order valence-electron chi connectivity index (χ1n) is 4.90. The van der Waals surface area contributed by atoms with Crippen LogP contribution in [-0.2, 0) is 0 Å². The second-order valence-corrected chi connectivity index (χ2v) is 3.60. The summed E-state index contributed by atoms with van der Waals surface area (Å²) in [6, 6.07) is 8.13. The number of azide groups is 1. The van der Waals surface area contributed by atoms with Gasteiger partial charge in [0.15, 0.2) is 0 Å². The van der Waals surface area contributed by atoms with E-state index in [2.05, 4.69) is 28.0 Å². The summed E-state index contributed by atoms with van der Waals surface area (Å²) in [6.07, 6.45) is 1.99. The molecule has 4 nitrogen and oxygen atoms in total. The van der Waals surface area contributed by atoms with E-state index in [4.69, 9.17) is 5.53 Å². The number of benzene rings is 1. The van der Waals surface area contributed by atoms with Gasteiger partial charge in [0.05, 0.1) is 0 Å². The van der Waals surface area contributed by atoms with Crippen molar-refractivity contribution in [2.75, 3.05) is 6.54 Å². The molecule has 1 heterocycles. The summed E-state index contributed by atoms with van der Waals surface area (Å²) in [5.41, 5.74) is 10.6. The van der Waals surface area contributed by atoms with E-state index in [9.17, 15) is 0 Å². The smallest absolute Gasteiger partial charge is 0.0456 e. The Kier molecular flexibility index (Phi) is 2.61. The lowest BCUT2D eigenvalue weighted by Gasteiger charge is -2.05. The van der Waals surface area contributed by atoms with Crippen molar-refractivity contribution in [1.82, 2.24) is 4.98 Å². The van der Waals surface area contributed by atoms with Gasteiger partial charge in [-0.25, -0.2) is 0 Å². The lowest BCUT2D eigenvalue weighted by molar-refractivity contribution is 0.775. The molecule has 0 saturated heterocycles. The predicted octanol–water partition coefficient (Wildman–Crippen LogP) is 3.58. The van der Waals surface area contributed by atoms with Crippen molar-refractivity contribution in [3.8, 4) is 0 Å². The van der Waals surface area contributed by atoms with Gasteiger partial charge in [-0.1, -0.05) is 30.2 Å². The number of aromatic amines is 1. The summed E-state index contributed by atoms with van der Waals surface area (Å²) < 4.78 is 0. The number of hydrogen-bond acceptors (Lipinski definition) is 1. The van der Waals surface area contributed by atoms with Crippen LogP contribution in [0.5, 0.6) is 0 Å². The molecular weight excluding hydrogens is 188 g/mol. The molecule has 0 aliphatic heterocycles. The summed E-state index contributed by atoms with van der Waals surface area (Å²) in [7, 11) is 0. The zero-order valence-electron chi connectivity index (χ0n) is 8.51.